The number of nitrogens with zero attached hydrogens (tertiary/aromatic N) is 5. The number of aliphatic hydroxyl groups is 2. The van der Waals surface area contributed by atoms with Gasteiger partial charge in [0.2, 0.25) is 5.95 Å². The van der Waals surface area contributed by atoms with Gasteiger partial charge in [0.25, 0.3) is 0 Å². The summed E-state index contributed by atoms with van der Waals surface area (Å²) >= 11 is 0. The second-order valence-electron chi connectivity index (χ2n) is 6.81. The van der Waals surface area contributed by atoms with Crippen molar-refractivity contribution < 1.29 is 19.0 Å². The summed E-state index contributed by atoms with van der Waals surface area (Å²) in [6, 6.07) is 3.34. The topological polar surface area (TPSA) is 99.3 Å². The van der Waals surface area contributed by atoms with E-state index in [0.29, 0.717) is 22.9 Å². The number of anilines is 2. The van der Waals surface area contributed by atoms with E-state index in [0.717, 1.165) is 18.2 Å². The Morgan fingerprint density at radius 1 is 1.14 bits per heavy atom. The molecule has 156 valence electrons. The van der Waals surface area contributed by atoms with E-state index in [1.54, 1.807) is 11.2 Å². The second-order valence-corrected chi connectivity index (χ2v) is 6.81. The largest absolute Gasteiger partial charge is 0.395 e. The maximum atomic E-state index is 14.0. The highest BCUT2D eigenvalue weighted by molar-refractivity contribution is 5.84. The monoisotopic (exact) mass is 406 g/mol. The molecule has 0 aliphatic heterocycles. The molecule has 3 aromatic rings. The Bertz CT molecular complexity index is 973. The number of benzene rings is 1. The lowest BCUT2D eigenvalue weighted by Crippen LogP contribution is -2.31. The van der Waals surface area contributed by atoms with Gasteiger partial charge in [0, 0.05) is 31.2 Å². The number of aromatic nitrogens is 4. The highest BCUT2D eigenvalue weighted by Crippen LogP contribution is 2.25. The minimum absolute atomic E-state index is 0.00366. The van der Waals surface area contributed by atoms with Gasteiger partial charge >= 0.3 is 0 Å². The lowest BCUT2D eigenvalue weighted by atomic mass is 10.2. The molecule has 2 aromatic heterocycles. The molecule has 0 fully saturated rings. The van der Waals surface area contributed by atoms with Crippen LogP contribution in [-0.4, -0.2) is 56.0 Å². The zero-order valence-electron chi connectivity index (χ0n) is 16.3. The number of imidazole rings is 1. The smallest absolute Gasteiger partial charge is 0.229 e. The fourth-order valence-corrected chi connectivity index (χ4v) is 2.96. The Morgan fingerprint density at radius 2 is 1.86 bits per heavy atom. The molecule has 0 bridgehead atoms. The third kappa shape index (κ3) is 4.60. The summed E-state index contributed by atoms with van der Waals surface area (Å²) < 4.78 is 29.3. The minimum atomic E-state index is -0.530. The van der Waals surface area contributed by atoms with Crippen LogP contribution < -0.4 is 10.2 Å². The SMILES string of the molecule is CC(C)n1cnc2c(NCc3cc(F)ccc3F)nc(N(CCO)CCO)nc21. The third-order valence-corrected chi connectivity index (χ3v) is 4.44. The molecule has 2 heterocycles. The zero-order chi connectivity index (χ0) is 21.0. The van der Waals surface area contributed by atoms with Crippen LogP contribution in [0.25, 0.3) is 11.2 Å². The summed E-state index contributed by atoms with van der Waals surface area (Å²) in [5.41, 5.74) is 1.21. The van der Waals surface area contributed by atoms with Crippen molar-refractivity contribution in [3.05, 3.63) is 41.7 Å². The second kappa shape index (κ2) is 9.10. The number of aliphatic hydroxyl groups excluding tert-OH is 2. The number of halogens is 2. The number of nitrogens with one attached hydrogen (secondary N) is 1. The molecule has 0 spiro atoms. The molecule has 0 amide bonds. The summed E-state index contributed by atoms with van der Waals surface area (Å²) in [7, 11) is 0. The molecule has 0 atom stereocenters. The standard InChI is InChI=1S/C19H24F2N6O2/c1-12(2)27-11-23-16-17(22-10-13-9-14(20)3-4-15(13)21)24-19(25-18(16)27)26(5-7-28)6-8-29/h3-4,9,11-12,28-29H,5-8,10H2,1-2H3,(H,22,24,25). The van der Waals surface area contributed by atoms with Gasteiger partial charge in [-0.15, -0.1) is 0 Å². The Balaban J connectivity index is 2.03. The lowest BCUT2D eigenvalue weighted by Gasteiger charge is -2.21. The molecular formula is C19H24F2N6O2. The van der Waals surface area contributed by atoms with Gasteiger partial charge in [-0.05, 0) is 32.0 Å². The zero-order valence-corrected chi connectivity index (χ0v) is 16.3. The van der Waals surface area contributed by atoms with Crippen LogP contribution in [0.2, 0.25) is 0 Å². The quantitative estimate of drug-likeness (QED) is 0.500. The fourth-order valence-electron chi connectivity index (χ4n) is 2.96. The van der Waals surface area contributed by atoms with Gasteiger partial charge < -0.3 is 25.0 Å². The van der Waals surface area contributed by atoms with Crippen molar-refractivity contribution in [2.45, 2.75) is 26.4 Å². The van der Waals surface area contributed by atoms with Crippen LogP contribution in [0, 0.1) is 11.6 Å². The summed E-state index contributed by atoms with van der Waals surface area (Å²) in [5.74, 6) is -0.406. The van der Waals surface area contributed by atoms with Crippen LogP contribution in [0.3, 0.4) is 0 Å². The van der Waals surface area contributed by atoms with Crippen molar-refractivity contribution in [2.75, 3.05) is 36.5 Å². The van der Waals surface area contributed by atoms with Crippen molar-refractivity contribution in [1.82, 2.24) is 19.5 Å². The molecule has 0 aliphatic rings. The highest BCUT2D eigenvalue weighted by Gasteiger charge is 2.18. The fraction of sp³-hybridized carbons (Fsp3) is 0.421. The van der Waals surface area contributed by atoms with Crippen molar-refractivity contribution >= 4 is 22.9 Å². The van der Waals surface area contributed by atoms with Crippen LogP contribution in [0.15, 0.2) is 24.5 Å². The summed E-state index contributed by atoms with van der Waals surface area (Å²) in [6.45, 7) is 4.17. The van der Waals surface area contributed by atoms with Crippen LogP contribution in [-0.2, 0) is 6.54 Å². The number of rotatable bonds is 9. The Morgan fingerprint density at radius 3 is 2.52 bits per heavy atom. The van der Waals surface area contributed by atoms with Gasteiger partial charge in [-0.2, -0.15) is 9.97 Å². The maximum absolute atomic E-state index is 14.0. The van der Waals surface area contributed by atoms with E-state index in [4.69, 9.17) is 0 Å². The van der Waals surface area contributed by atoms with Crippen LogP contribution in [0.1, 0.15) is 25.5 Å². The van der Waals surface area contributed by atoms with E-state index in [2.05, 4.69) is 20.3 Å². The average molecular weight is 406 g/mol. The van der Waals surface area contributed by atoms with E-state index >= 15 is 0 Å². The van der Waals surface area contributed by atoms with Gasteiger partial charge in [-0.25, -0.2) is 13.8 Å². The van der Waals surface area contributed by atoms with Crippen molar-refractivity contribution in [2.24, 2.45) is 0 Å². The normalized spacial score (nSPS) is 11.4. The van der Waals surface area contributed by atoms with E-state index in [1.807, 2.05) is 18.4 Å². The number of fused-ring (bicyclic) bond motifs is 1. The van der Waals surface area contributed by atoms with Gasteiger partial charge in [-0.3, -0.25) is 0 Å². The molecule has 0 aliphatic carbocycles. The van der Waals surface area contributed by atoms with Crippen molar-refractivity contribution in [3.63, 3.8) is 0 Å². The molecule has 1 aromatic carbocycles. The van der Waals surface area contributed by atoms with Crippen LogP contribution in [0.5, 0.6) is 0 Å². The van der Waals surface area contributed by atoms with Gasteiger partial charge in [-0.1, -0.05) is 0 Å². The molecule has 29 heavy (non-hydrogen) atoms. The van der Waals surface area contributed by atoms with E-state index in [1.165, 1.54) is 0 Å². The first-order valence-corrected chi connectivity index (χ1v) is 9.33. The van der Waals surface area contributed by atoms with Crippen LogP contribution in [0.4, 0.5) is 20.5 Å². The lowest BCUT2D eigenvalue weighted by molar-refractivity contribution is 0.280. The average Bonchev–Trinajstić information content (AvgIpc) is 3.12. The van der Waals surface area contributed by atoms with Gasteiger partial charge in [0.05, 0.1) is 19.5 Å². The Hall–Kier alpha value is -2.85. The molecule has 8 nitrogen and oxygen atoms in total. The number of hydrogen-bond acceptors (Lipinski definition) is 7. The molecule has 3 N–H and O–H groups in total. The van der Waals surface area contributed by atoms with Gasteiger partial charge in [0.1, 0.15) is 11.6 Å². The summed E-state index contributed by atoms with van der Waals surface area (Å²) in [4.78, 5) is 15.0. The maximum Gasteiger partial charge on any atom is 0.229 e. The van der Waals surface area contributed by atoms with E-state index in [-0.39, 0.29) is 44.5 Å². The molecule has 0 saturated carbocycles. The molecule has 0 saturated heterocycles. The third-order valence-electron chi connectivity index (χ3n) is 4.44. The Kier molecular flexibility index (Phi) is 6.55. The summed E-state index contributed by atoms with van der Waals surface area (Å²) in [6.07, 6.45) is 1.64. The van der Waals surface area contributed by atoms with Crippen molar-refractivity contribution in [1.29, 1.82) is 0 Å². The molecule has 3 rings (SSSR count). The predicted molar refractivity (Wildman–Crippen MR) is 106 cm³/mol. The first-order chi connectivity index (χ1) is 13.9. The number of hydrogen-bond donors (Lipinski definition) is 3. The minimum Gasteiger partial charge on any atom is -0.395 e. The molecule has 0 radical (unpaired) electrons. The van der Waals surface area contributed by atoms with E-state index < -0.39 is 11.6 Å². The molecular weight excluding hydrogens is 382 g/mol. The predicted octanol–water partition coefficient (Wildman–Crippen LogP) is 2.09. The van der Waals surface area contributed by atoms with E-state index in [9.17, 15) is 19.0 Å². The summed E-state index contributed by atoms with van der Waals surface area (Å²) in [5, 5.41) is 21.7. The highest BCUT2D eigenvalue weighted by atomic mass is 19.1. The van der Waals surface area contributed by atoms with Crippen LogP contribution >= 0.6 is 0 Å². The van der Waals surface area contributed by atoms with Gasteiger partial charge in [0.15, 0.2) is 17.0 Å². The first kappa shape index (κ1) is 20.9. The molecule has 0 unspecified atom stereocenters. The first-order valence-electron chi connectivity index (χ1n) is 9.33. The molecule has 10 heteroatoms. The Labute approximate surface area is 166 Å². The van der Waals surface area contributed by atoms with Crippen molar-refractivity contribution in [3.8, 4) is 0 Å².